The van der Waals surface area contributed by atoms with Gasteiger partial charge < -0.3 is 9.84 Å². The van der Waals surface area contributed by atoms with E-state index in [2.05, 4.69) is 18.7 Å². The summed E-state index contributed by atoms with van der Waals surface area (Å²) in [5, 5.41) is 10.8. The predicted molar refractivity (Wildman–Crippen MR) is 77.9 cm³/mol. The first-order valence-corrected chi connectivity index (χ1v) is 7.15. The van der Waals surface area contributed by atoms with E-state index in [9.17, 15) is 5.11 Å². The second-order valence-corrected chi connectivity index (χ2v) is 6.19. The molecule has 19 heavy (non-hydrogen) atoms. The van der Waals surface area contributed by atoms with E-state index in [1.807, 2.05) is 6.07 Å². The van der Waals surface area contributed by atoms with E-state index in [4.69, 9.17) is 16.3 Å². The highest BCUT2D eigenvalue weighted by Crippen LogP contribution is 2.35. The fraction of sp³-hybridized carbons (Fsp3) is 0.600. The largest absolute Gasteiger partial charge is 0.504 e. The molecule has 4 heteroatoms. The summed E-state index contributed by atoms with van der Waals surface area (Å²) in [6.07, 6.45) is 1.28. The van der Waals surface area contributed by atoms with Crippen LogP contribution in [0.15, 0.2) is 12.1 Å². The van der Waals surface area contributed by atoms with Crippen LogP contribution in [0.1, 0.15) is 25.8 Å². The third kappa shape index (κ3) is 3.54. The number of phenols is 1. The molecule has 1 aromatic carbocycles. The number of halogens is 1. The van der Waals surface area contributed by atoms with Crippen LogP contribution in [0.3, 0.4) is 0 Å². The maximum Gasteiger partial charge on any atom is 0.162 e. The van der Waals surface area contributed by atoms with E-state index < -0.39 is 0 Å². The fourth-order valence-electron chi connectivity index (χ4n) is 3.07. The Hall–Kier alpha value is -0.930. The number of phenolic OH excluding ortho intramolecular Hbond substituents is 1. The molecule has 1 heterocycles. The van der Waals surface area contributed by atoms with Gasteiger partial charge in [0.25, 0.3) is 0 Å². The Kier molecular flexibility index (Phi) is 4.58. The van der Waals surface area contributed by atoms with Gasteiger partial charge in [0.1, 0.15) is 0 Å². The first-order valence-electron chi connectivity index (χ1n) is 6.77. The highest BCUT2D eigenvalue weighted by Gasteiger charge is 2.23. The van der Waals surface area contributed by atoms with Crippen LogP contribution in [0, 0.1) is 11.8 Å². The van der Waals surface area contributed by atoms with Gasteiger partial charge in [-0.2, -0.15) is 0 Å². The van der Waals surface area contributed by atoms with E-state index in [1.165, 1.54) is 6.42 Å². The monoisotopic (exact) mass is 283 g/mol. The zero-order valence-corrected chi connectivity index (χ0v) is 12.6. The molecule has 0 aliphatic carbocycles. The zero-order chi connectivity index (χ0) is 14.0. The van der Waals surface area contributed by atoms with Gasteiger partial charge in [-0.1, -0.05) is 25.4 Å². The Labute approximate surface area is 120 Å². The average molecular weight is 284 g/mol. The zero-order valence-electron chi connectivity index (χ0n) is 11.8. The molecule has 0 amide bonds. The molecule has 0 aromatic heterocycles. The Morgan fingerprint density at radius 2 is 1.95 bits per heavy atom. The van der Waals surface area contributed by atoms with Crippen molar-refractivity contribution in [2.45, 2.75) is 26.8 Å². The van der Waals surface area contributed by atoms with Gasteiger partial charge in [-0.25, -0.2) is 0 Å². The molecular weight excluding hydrogens is 262 g/mol. The van der Waals surface area contributed by atoms with Crippen molar-refractivity contribution >= 4 is 11.6 Å². The van der Waals surface area contributed by atoms with Gasteiger partial charge in [0.2, 0.25) is 0 Å². The number of rotatable bonds is 3. The number of methoxy groups -OCH3 is 1. The molecule has 106 valence electrons. The van der Waals surface area contributed by atoms with Crippen LogP contribution in [-0.2, 0) is 6.54 Å². The summed E-state index contributed by atoms with van der Waals surface area (Å²) in [4.78, 5) is 2.38. The van der Waals surface area contributed by atoms with Crippen LogP contribution in [0.4, 0.5) is 0 Å². The normalized spacial score (nSPS) is 24.4. The maximum atomic E-state index is 10.2. The van der Waals surface area contributed by atoms with Gasteiger partial charge in [-0.15, -0.1) is 0 Å². The van der Waals surface area contributed by atoms with Crippen molar-refractivity contribution in [3.8, 4) is 11.5 Å². The lowest BCUT2D eigenvalue weighted by Crippen LogP contribution is -2.38. The Bertz CT molecular complexity index is 440. The number of nitrogens with zero attached hydrogens (tertiary/aromatic N) is 1. The Morgan fingerprint density at radius 3 is 2.53 bits per heavy atom. The molecule has 1 aromatic rings. The number of ether oxygens (including phenoxy) is 1. The summed E-state index contributed by atoms with van der Waals surface area (Å²) in [6.45, 7) is 7.41. The quantitative estimate of drug-likeness (QED) is 0.921. The van der Waals surface area contributed by atoms with E-state index in [0.717, 1.165) is 25.2 Å². The van der Waals surface area contributed by atoms with Gasteiger partial charge in [-0.05, 0) is 24.3 Å². The summed E-state index contributed by atoms with van der Waals surface area (Å²) < 4.78 is 5.14. The van der Waals surface area contributed by atoms with Crippen LogP contribution in [-0.4, -0.2) is 30.2 Å². The Morgan fingerprint density at radius 1 is 1.32 bits per heavy atom. The molecular formula is C15H22ClNO2. The van der Waals surface area contributed by atoms with Gasteiger partial charge in [0.05, 0.1) is 7.11 Å². The third-order valence-corrected chi connectivity index (χ3v) is 3.90. The molecule has 2 atom stereocenters. The summed E-state index contributed by atoms with van der Waals surface area (Å²) >= 11 is 6.07. The van der Waals surface area contributed by atoms with E-state index >= 15 is 0 Å². The standard InChI is InChI=1S/C15H22ClNO2/c1-10-4-11(2)8-17(7-10)9-12-5-13(16)6-14(19-3)15(12)18/h5-6,10-11,18H,4,7-9H2,1-3H3. The van der Waals surface area contributed by atoms with Crippen LogP contribution < -0.4 is 4.74 Å². The smallest absolute Gasteiger partial charge is 0.162 e. The molecule has 1 fully saturated rings. The van der Waals surface area contributed by atoms with Gasteiger partial charge in [0.15, 0.2) is 11.5 Å². The molecule has 2 rings (SSSR count). The highest BCUT2D eigenvalue weighted by atomic mass is 35.5. The predicted octanol–water partition coefficient (Wildman–Crippen LogP) is 3.53. The van der Waals surface area contributed by atoms with E-state index in [-0.39, 0.29) is 5.75 Å². The minimum absolute atomic E-state index is 0.206. The highest BCUT2D eigenvalue weighted by molar-refractivity contribution is 6.30. The minimum atomic E-state index is 0.206. The number of aromatic hydroxyl groups is 1. The van der Waals surface area contributed by atoms with Crippen molar-refractivity contribution < 1.29 is 9.84 Å². The molecule has 2 unspecified atom stereocenters. The first kappa shape index (κ1) is 14.5. The average Bonchev–Trinajstić information content (AvgIpc) is 2.32. The van der Waals surface area contributed by atoms with Gasteiger partial charge in [0, 0.05) is 36.3 Å². The second kappa shape index (κ2) is 6.02. The number of hydrogen-bond donors (Lipinski definition) is 1. The lowest BCUT2D eigenvalue weighted by molar-refractivity contribution is 0.133. The van der Waals surface area contributed by atoms with Gasteiger partial charge in [-0.3, -0.25) is 4.90 Å². The maximum absolute atomic E-state index is 10.2. The van der Waals surface area contributed by atoms with Crippen molar-refractivity contribution in [3.05, 3.63) is 22.7 Å². The number of piperidine rings is 1. The second-order valence-electron chi connectivity index (χ2n) is 5.76. The molecule has 1 aliphatic heterocycles. The van der Waals surface area contributed by atoms with E-state index in [1.54, 1.807) is 13.2 Å². The number of likely N-dealkylation sites (tertiary alicyclic amines) is 1. The van der Waals surface area contributed by atoms with Crippen molar-refractivity contribution in [2.75, 3.05) is 20.2 Å². The summed E-state index contributed by atoms with van der Waals surface area (Å²) in [6, 6.07) is 3.46. The van der Waals surface area contributed by atoms with Crippen LogP contribution in [0.25, 0.3) is 0 Å². The fourth-order valence-corrected chi connectivity index (χ4v) is 3.30. The van der Waals surface area contributed by atoms with Gasteiger partial charge >= 0.3 is 0 Å². The molecule has 1 N–H and O–H groups in total. The molecule has 1 aliphatic rings. The van der Waals surface area contributed by atoms with Crippen LogP contribution in [0.5, 0.6) is 11.5 Å². The molecule has 1 saturated heterocycles. The summed E-state index contributed by atoms with van der Waals surface area (Å²) in [5.74, 6) is 2.05. The SMILES string of the molecule is COc1cc(Cl)cc(CN2CC(C)CC(C)C2)c1O. The van der Waals surface area contributed by atoms with Crippen molar-refractivity contribution in [3.63, 3.8) is 0 Å². The van der Waals surface area contributed by atoms with Crippen molar-refractivity contribution in [2.24, 2.45) is 11.8 Å². The first-order chi connectivity index (χ1) is 8.99. The van der Waals surface area contributed by atoms with Crippen molar-refractivity contribution in [1.82, 2.24) is 4.90 Å². The molecule has 0 spiro atoms. The third-order valence-electron chi connectivity index (χ3n) is 3.68. The molecule has 0 bridgehead atoms. The topological polar surface area (TPSA) is 32.7 Å². The molecule has 3 nitrogen and oxygen atoms in total. The lowest BCUT2D eigenvalue weighted by Gasteiger charge is -2.35. The Balaban J connectivity index is 2.16. The van der Waals surface area contributed by atoms with E-state index in [0.29, 0.717) is 22.6 Å². The number of hydrogen-bond acceptors (Lipinski definition) is 3. The summed E-state index contributed by atoms with van der Waals surface area (Å²) in [7, 11) is 1.54. The molecule has 0 saturated carbocycles. The minimum Gasteiger partial charge on any atom is -0.504 e. The van der Waals surface area contributed by atoms with Crippen molar-refractivity contribution in [1.29, 1.82) is 0 Å². The number of benzene rings is 1. The summed E-state index contributed by atoms with van der Waals surface area (Å²) in [5.41, 5.74) is 0.839. The van der Waals surface area contributed by atoms with Crippen LogP contribution >= 0.6 is 11.6 Å². The lowest BCUT2D eigenvalue weighted by atomic mass is 9.91. The van der Waals surface area contributed by atoms with Crippen LogP contribution in [0.2, 0.25) is 5.02 Å². The molecule has 0 radical (unpaired) electrons.